The molecule has 0 aromatic carbocycles. The molecule has 0 fully saturated rings. The summed E-state index contributed by atoms with van der Waals surface area (Å²) in [5.74, 6) is 0.854. The zero-order chi connectivity index (χ0) is 13.6. The Morgan fingerprint density at radius 1 is 1.16 bits per heavy atom. The van der Waals surface area contributed by atoms with Gasteiger partial charge in [0.25, 0.3) is 0 Å². The zero-order valence-corrected chi connectivity index (χ0v) is 15.1. The van der Waals surface area contributed by atoms with Crippen molar-refractivity contribution in [3.8, 4) is 0 Å². The summed E-state index contributed by atoms with van der Waals surface area (Å²) in [6.07, 6.45) is 5.44. The summed E-state index contributed by atoms with van der Waals surface area (Å²) in [5, 5.41) is 6.47. The van der Waals surface area contributed by atoms with Crippen LogP contribution in [0, 0.1) is 0 Å². The van der Waals surface area contributed by atoms with Gasteiger partial charge in [0.15, 0.2) is 5.96 Å². The lowest BCUT2D eigenvalue weighted by molar-refractivity contribution is 0.271. The Morgan fingerprint density at radius 2 is 1.79 bits per heavy atom. The number of rotatable bonds is 10. The standard InChI is InChI=1S/C14H30N4.HI/c1-5-9-16-14(15-4)17-10-8-13-18(11-6-2)12-7-3;/h5H,1,6-13H2,2-4H3,(H2,15,16,17);1H. The molecule has 0 radical (unpaired) electrons. The van der Waals surface area contributed by atoms with Crippen molar-refractivity contribution in [3.63, 3.8) is 0 Å². The average Bonchev–Trinajstić information content (AvgIpc) is 2.38. The highest BCUT2D eigenvalue weighted by molar-refractivity contribution is 14.0. The second kappa shape index (κ2) is 15.8. The van der Waals surface area contributed by atoms with Crippen molar-refractivity contribution >= 4 is 29.9 Å². The third kappa shape index (κ3) is 12.5. The Hall–Kier alpha value is -0.300. The Morgan fingerprint density at radius 3 is 2.26 bits per heavy atom. The third-order valence-corrected chi connectivity index (χ3v) is 2.66. The van der Waals surface area contributed by atoms with Crippen molar-refractivity contribution in [2.75, 3.05) is 39.8 Å². The van der Waals surface area contributed by atoms with Crippen LogP contribution in [0.2, 0.25) is 0 Å². The molecule has 0 bridgehead atoms. The van der Waals surface area contributed by atoms with Gasteiger partial charge in [-0.15, -0.1) is 30.6 Å². The van der Waals surface area contributed by atoms with Crippen LogP contribution in [0.25, 0.3) is 0 Å². The van der Waals surface area contributed by atoms with Gasteiger partial charge in [-0.2, -0.15) is 0 Å². The quantitative estimate of drug-likeness (QED) is 0.201. The van der Waals surface area contributed by atoms with Crippen molar-refractivity contribution in [2.24, 2.45) is 4.99 Å². The largest absolute Gasteiger partial charge is 0.356 e. The first kappa shape index (κ1) is 21.0. The second-order valence-electron chi connectivity index (χ2n) is 4.36. The van der Waals surface area contributed by atoms with E-state index in [9.17, 15) is 0 Å². The van der Waals surface area contributed by atoms with Crippen LogP contribution in [-0.4, -0.2) is 50.6 Å². The Kier molecular flexibility index (Phi) is 17.4. The Bertz CT molecular complexity index is 225. The van der Waals surface area contributed by atoms with Gasteiger partial charge < -0.3 is 15.5 Å². The van der Waals surface area contributed by atoms with Gasteiger partial charge in [-0.1, -0.05) is 19.9 Å². The van der Waals surface area contributed by atoms with Crippen molar-refractivity contribution in [2.45, 2.75) is 33.1 Å². The molecule has 0 unspecified atom stereocenters. The van der Waals surface area contributed by atoms with E-state index in [4.69, 9.17) is 0 Å². The molecule has 0 aliphatic heterocycles. The maximum absolute atomic E-state index is 4.15. The number of nitrogens with zero attached hydrogens (tertiary/aromatic N) is 2. The van der Waals surface area contributed by atoms with E-state index in [-0.39, 0.29) is 24.0 Å². The van der Waals surface area contributed by atoms with Crippen LogP contribution in [0.4, 0.5) is 0 Å². The first-order valence-electron chi connectivity index (χ1n) is 7.06. The molecule has 0 atom stereocenters. The van der Waals surface area contributed by atoms with Crippen LogP contribution in [0.5, 0.6) is 0 Å². The van der Waals surface area contributed by atoms with E-state index in [1.54, 1.807) is 7.05 Å². The smallest absolute Gasteiger partial charge is 0.191 e. The summed E-state index contributed by atoms with van der Waals surface area (Å²) in [6.45, 7) is 13.4. The number of guanidine groups is 1. The van der Waals surface area contributed by atoms with E-state index in [0.717, 1.165) is 32.0 Å². The molecule has 114 valence electrons. The van der Waals surface area contributed by atoms with E-state index >= 15 is 0 Å². The van der Waals surface area contributed by atoms with E-state index < -0.39 is 0 Å². The van der Waals surface area contributed by atoms with Crippen LogP contribution in [0.3, 0.4) is 0 Å². The van der Waals surface area contributed by atoms with Crippen molar-refractivity contribution in [1.82, 2.24) is 15.5 Å². The fraction of sp³-hybridized carbons (Fsp3) is 0.786. The molecule has 0 saturated heterocycles. The van der Waals surface area contributed by atoms with Crippen molar-refractivity contribution < 1.29 is 0 Å². The fourth-order valence-corrected chi connectivity index (χ4v) is 1.87. The van der Waals surface area contributed by atoms with Gasteiger partial charge in [-0.25, -0.2) is 0 Å². The van der Waals surface area contributed by atoms with Gasteiger partial charge in [0, 0.05) is 20.1 Å². The minimum absolute atomic E-state index is 0. The SMILES string of the molecule is C=CCNC(=NC)NCCCN(CCC)CCC.I. The molecule has 0 aromatic rings. The predicted molar refractivity (Wildman–Crippen MR) is 96.6 cm³/mol. The molecule has 19 heavy (non-hydrogen) atoms. The van der Waals surface area contributed by atoms with Gasteiger partial charge in [-0.05, 0) is 38.9 Å². The number of nitrogens with one attached hydrogen (secondary N) is 2. The monoisotopic (exact) mass is 382 g/mol. The van der Waals surface area contributed by atoms with Crippen LogP contribution < -0.4 is 10.6 Å². The van der Waals surface area contributed by atoms with Crippen LogP contribution in [-0.2, 0) is 0 Å². The lowest BCUT2D eigenvalue weighted by Gasteiger charge is -2.21. The van der Waals surface area contributed by atoms with E-state index in [1.807, 2.05) is 6.08 Å². The molecule has 2 N–H and O–H groups in total. The molecule has 0 saturated carbocycles. The molecule has 0 aromatic heterocycles. The average molecular weight is 382 g/mol. The summed E-state index contributed by atoms with van der Waals surface area (Å²) in [7, 11) is 1.79. The number of hydrogen-bond donors (Lipinski definition) is 2. The molecule has 4 nitrogen and oxygen atoms in total. The van der Waals surface area contributed by atoms with Gasteiger partial charge in [-0.3, -0.25) is 4.99 Å². The van der Waals surface area contributed by atoms with Crippen LogP contribution in [0.1, 0.15) is 33.1 Å². The highest BCUT2D eigenvalue weighted by atomic mass is 127. The normalized spacial score (nSPS) is 11.1. The topological polar surface area (TPSA) is 39.7 Å². The highest BCUT2D eigenvalue weighted by Crippen LogP contribution is 1.95. The minimum Gasteiger partial charge on any atom is -0.356 e. The van der Waals surface area contributed by atoms with E-state index in [1.165, 1.54) is 25.9 Å². The number of hydrogen-bond acceptors (Lipinski definition) is 2. The molecule has 0 spiro atoms. The van der Waals surface area contributed by atoms with Gasteiger partial charge in [0.1, 0.15) is 0 Å². The second-order valence-corrected chi connectivity index (χ2v) is 4.36. The maximum atomic E-state index is 4.15. The molecule has 0 aliphatic rings. The van der Waals surface area contributed by atoms with Gasteiger partial charge in [0.2, 0.25) is 0 Å². The minimum atomic E-state index is 0. The van der Waals surface area contributed by atoms with Gasteiger partial charge in [0.05, 0.1) is 0 Å². The summed E-state index contributed by atoms with van der Waals surface area (Å²) < 4.78 is 0. The summed E-state index contributed by atoms with van der Waals surface area (Å²) in [4.78, 5) is 6.68. The first-order valence-corrected chi connectivity index (χ1v) is 7.06. The molecular weight excluding hydrogens is 351 g/mol. The lowest BCUT2D eigenvalue weighted by Crippen LogP contribution is -2.38. The van der Waals surface area contributed by atoms with Crippen molar-refractivity contribution in [1.29, 1.82) is 0 Å². The Balaban J connectivity index is 0. The molecule has 0 amide bonds. The molecule has 0 heterocycles. The summed E-state index contributed by atoms with van der Waals surface area (Å²) in [6, 6.07) is 0. The molecule has 5 heteroatoms. The lowest BCUT2D eigenvalue weighted by atomic mass is 10.3. The van der Waals surface area contributed by atoms with Gasteiger partial charge >= 0.3 is 0 Å². The van der Waals surface area contributed by atoms with E-state index in [0.29, 0.717) is 0 Å². The molecule has 0 rings (SSSR count). The maximum Gasteiger partial charge on any atom is 0.191 e. The van der Waals surface area contributed by atoms with Crippen LogP contribution in [0.15, 0.2) is 17.6 Å². The summed E-state index contributed by atoms with van der Waals surface area (Å²) >= 11 is 0. The van der Waals surface area contributed by atoms with Crippen molar-refractivity contribution in [3.05, 3.63) is 12.7 Å². The molecule has 0 aliphatic carbocycles. The number of aliphatic imine (C=N–C) groups is 1. The Labute approximate surface area is 136 Å². The fourth-order valence-electron chi connectivity index (χ4n) is 1.87. The number of halogens is 1. The zero-order valence-electron chi connectivity index (χ0n) is 12.7. The molecular formula is C14H31IN4. The first-order chi connectivity index (χ1) is 8.78. The third-order valence-electron chi connectivity index (χ3n) is 2.66. The summed E-state index contributed by atoms with van der Waals surface area (Å²) in [5.41, 5.74) is 0. The highest BCUT2D eigenvalue weighted by Gasteiger charge is 2.02. The predicted octanol–water partition coefficient (Wildman–Crippen LogP) is 2.47. The van der Waals surface area contributed by atoms with Crippen LogP contribution >= 0.6 is 24.0 Å². The van der Waals surface area contributed by atoms with E-state index in [2.05, 4.69) is 41.0 Å².